The zero-order valence-corrected chi connectivity index (χ0v) is 15.2. The highest BCUT2D eigenvalue weighted by molar-refractivity contribution is 7.98. The van der Waals surface area contributed by atoms with Crippen LogP contribution in [-0.4, -0.2) is 81.0 Å². The van der Waals surface area contributed by atoms with Gasteiger partial charge in [0.15, 0.2) is 0 Å². The quantitative estimate of drug-likeness (QED) is 0.185. The summed E-state index contributed by atoms with van der Waals surface area (Å²) in [7, 11) is 0. The third-order valence-electron chi connectivity index (χ3n) is 2.48. The van der Waals surface area contributed by atoms with E-state index in [0.29, 0.717) is 6.42 Å². The zero-order valence-electron chi connectivity index (χ0n) is 14.4. The summed E-state index contributed by atoms with van der Waals surface area (Å²) in [5.41, 5.74) is 19.8. The summed E-state index contributed by atoms with van der Waals surface area (Å²) >= 11 is 1.60. The fourth-order valence-electron chi connectivity index (χ4n) is 0.868. The molecule has 0 spiro atoms. The molecule has 0 radical (unpaired) electrons. The van der Waals surface area contributed by atoms with Crippen molar-refractivity contribution in [2.24, 2.45) is 22.9 Å². The summed E-state index contributed by atoms with van der Waals surface area (Å²) in [6.07, 6.45) is 2.60. The molecule has 0 saturated heterocycles. The predicted octanol–water partition coefficient (Wildman–Crippen LogP) is -2.79. The van der Waals surface area contributed by atoms with Gasteiger partial charge in [0, 0.05) is 6.42 Å². The molecule has 0 aliphatic heterocycles. The topological polar surface area (TPSA) is 253 Å². The van der Waals surface area contributed by atoms with Gasteiger partial charge in [-0.25, -0.2) is 0 Å². The van der Waals surface area contributed by atoms with Gasteiger partial charge >= 0.3 is 17.9 Å². The van der Waals surface area contributed by atoms with Crippen molar-refractivity contribution in [3.63, 3.8) is 0 Å². The third-order valence-corrected chi connectivity index (χ3v) is 3.13. The van der Waals surface area contributed by atoms with Crippen LogP contribution in [0.3, 0.4) is 0 Å². The molecule has 0 aliphatic rings. The zero-order chi connectivity index (χ0) is 21.3. The number of hydrogen-bond donors (Lipinski definition) is 8. The first-order valence-corrected chi connectivity index (χ1v) is 8.63. The van der Waals surface area contributed by atoms with E-state index in [0.717, 1.165) is 5.75 Å². The molecular weight excluding hydrogens is 372 g/mol. The van der Waals surface area contributed by atoms with E-state index >= 15 is 0 Å². The number of aliphatic carboxylic acids is 3. The Balaban J connectivity index is -0.000000310. The Hall–Kier alpha value is -1.93. The minimum atomic E-state index is -1.18. The second kappa shape index (κ2) is 17.9. The number of amides is 1. The molecule has 0 aromatic heterocycles. The van der Waals surface area contributed by atoms with Gasteiger partial charge < -0.3 is 43.4 Å². The number of rotatable bonds is 10. The molecule has 0 aliphatic carbocycles. The molecule has 12 nitrogen and oxygen atoms in total. The maximum Gasteiger partial charge on any atom is 0.322 e. The van der Waals surface area contributed by atoms with Crippen LogP contribution >= 0.6 is 11.8 Å². The lowest BCUT2D eigenvalue weighted by atomic mass is 10.2. The van der Waals surface area contributed by atoms with Crippen LogP contribution in [0.25, 0.3) is 0 Å². The van der Waals surface area contributed by atoms with E-state index in [9.17, 15) is 19.2 Å². The van der Waals surface area contributed by atoms with Gasteiger partial charge in [-0.15, -0.1) is 0 Å². The molecule has 0 aromatic rings. The van der Waals surface area contributed by atoms with Crippen LogP contribution < -0.4 is 22.9 Å². The number of carboxylic acids is 3. The molecule has 0 fully saturated rings. The van der Waals surface area contributed by atoms with Crippen molar-refractivity contribution >= 4 is 35.6 Å². The monoisotopic (exact) mass is 400 g/mol. The van der Waals surface area contributed by atoms with Crippen molar-refractivity contribution in [3.05, 3.63) is 0 Å². The fourth-order valence-corrected chi connectivity index (χ4v) is 1.36. The lowest BCUT2D eigenvalue weighted by molar-refractivity contribution is -0.140. The Kier molecular flexibility index (Phi) is 19.8. The first-order valence-electron chi connectivity index (χ1n) is 7.23. The van der Waals surface area contributed by atoms with Crippen LogP contribution in [0.15, 0.2) is 0 Å². The molecule has 0 bridgehead atoms. The maximum absolute atomic E-state index is 10.1. The molecule has 13 heteroatoms. The number of carbonyl (C=O) groups is 4. The number of carbonyl (C=O) groups excluding carboxylic acids is 1. The van der Waals surface area contributed by atoms with Crippen molar-refractivity contribution < 1.29 is 39.6 Å². The highest BCUT2D eigenvalue weighted by Gasteiger charge is 2.11. The summed E-state index contributed by atoms with van der Waals surface area (Å²) in [5.74, 6) is -2.92. The van der Waals surface area contributed by atoms with Crippen LogP contribution in [0.4, 0.5) is 0 Å². The van der Waals surface area contributed by atoms with E-state index in [2.05, 4.69) is 0 Å². The Morgan fingerprint density at radius 3 is 1.46 bits per heavy atom. The smallest absolute Gasteiger partial charge is 0.322 e. The van der Waals surface area contributed by atoms with Gasteiger partial charge in [0.1, 0.15) is 18.1 Å². The second-order valence-electron chi connectivity index (χ2n) is 4.80. The first-order chi connectivity index (χ1) is 11.9. The average Bonchev–Trinajstić information content (AvgIpc) is 2.57. The lowest BCUT2D eigenvalue weighted by Gasteiger charge is -2.02. The van der Waals surface area contributed by atoms with Gasteiger partial charge in [0.05, 0.1) is 6.61 Å². The Morgan fingerprint density at radius 1 is 0.846 bits per heavy atom. The standard InChI is InChI=1S/C5H10N2O3.C5H11NO2S.C3H7NO3/c6-3(5(9)10)1-2-4(7)8;1-9-3-2-4(6)5(7)8;4-2(1-5)3(6)7/h3H,1-2,6H2,(H2,7,8)(H,9,10);4H,2-3,6H2,1H3,(H,7,8);2,5H,1,4H2,(H,6,7)/t3-;4-;2-/m000/s1. The second-order valence-corrected chi connectivity index (χ2v) is 5.79. The number of hydrogen-bond acceptors (Lipinski definition) is 9. The number of thioether (sulfide) groups is 1. The average molecular weight is 400 g/mol. The Morgan fingerprint density at radius 2 is 1.23 bits per heavy atom. The predicted molar refractivity (Wildman–Crippen MR) is 95.3 cm³/mol. The summed E-state index contributed by atoms with van der Waals surface area (Å²) < 4.78 is 0. The summed E-state index contributed by atoms with van der Waals surface area (Å²) in [6.45, 7) is -0.505. The normalized spacial score (nSPS) is 13.0. The number of aliphatic hydroxyl groups excluding tert-OH is 1. The van der Waals surface area contributed by atoms with E-state index in [1.54, 1.807) is 11.8 Å². The molecule has 0 heterocycles. The van der Waals surface area contributed by atoms with Crippen molar-refractivity contribution in [3.8, 4) is 0 Å². The molecule has 3 atom stereocenters. The molecule has 0 rings (SSSR count). The van der Waals surface area contributed by atoms with Gasteiger partial charge in [-0.05, 0) is 24.9 Å². The summed E-state index contributed by atoms with van der Waals surface area (Å²) in [4.78, 5) is 39.9. The van der Waals surface area contributed by atoms with Crippen LogP contribution in [0.5, 0.6) is 0 Å². The van der Waals surface area contributed by atoms with Gasteiger partial charge in [0.25, 0.3) is 0 Å². The molecule has 154 valence electrons. The third kappa shape index (κ3) is 22.1. The van der Waals surface area contributed by atoms with E-state index in [1.165, 1.54) is 0 Å². The highest BCUT2D eigenvalue weighted by atomic mass is 32.2. The van der Waals surface area contributed by atoms with Gasteiger partial charge in [-0.2, -0.15) is 11.8 Å². The van der Waals surface area contributed by atoms with E-state index in [4.69, 9.17) is 43.4 Å². The summed E-state index contributed by atoms with van der Waals surface area (Å²) in [5, 5.41) is 32.4. The number of primary amides is 1. The number of carboxylic acid groups (broad SMARTS) is 3. The van der Waals surface area contributed by atoms with E-state index in [-0.39, 0.29) is 12.8 Å². The van der Waals surface area contributed by atoms with Crippen LogP contribution in [0.1, 0.15) is 19.3 Å². The highest BCUT2D eigenvalue weighted by Crippen LogP contribution is 1.97. The minimum absolute atomic E-state index is 0.0213. The maximum atomic E-state index is 10.1. The summed E-state index contributed by atoms with van der Waals surface area (Å²) in [6, 6.07) is -2.79. The number of nitrogens with two attached hydrogens (primary N) is 4. The largest absolute Gasteiger partial charge is 0.480 e. The molecular formula is C13H28N4O8S. The van der Waals surface area contributed by atoms with Crippen LogP contribution in [0, 0.1) is 0 Å². The molecule has 0 saturated carbocycles. The number of aliphatic hydroxyl groups is 1. The van der Waals surface area contributed by atoms with Crippen molar-refractivity contribution in [2.75, 3.05) is 18.6 Å². The van der Waals surface area contributed by atoms with E-state index in [1.807, 2.05) is 6.26 Å². The van der Waals surface area contributed by atoms with Gasteiger partial charge in [-0.1, -0.05) is 0 Å². The van der Waals surface area contributed by atoms with E-state index < -0.39 is 48.5 Å². The minimum Gasteiger partial charge on any atom is -0.480 e. The molecule has 1 amide bonds. The molecule has 12 N–H and O–H groups in total. The van der Waals surface area contributed by atoms with Crippen LogP contribution in [-0.2, 0) is 19.2 Å². The molecule has 0 unspecified atom stereocenters. The van der Waals surface area contributed by atoms with Crippen molar-refractivity contribution in [1.82, 2.24) is 0 Å². The Bertz CT molecular complexity index is 438. The van der Waals surface area contributed by atoms with Crippen molar-refractivity contribution in [2.45, 2.75) is 37.4 Å². The lowest BCUT2D eigenvalue weighted by Crippen LogP contribution is -2.33. The molecule has 0 aromatic carbocycles. The molecule has 26 heavy (non-hydrogen) atoms. The fraction of sp³-hybridized carbons (Fsp3) is 0.692. The SMILES string of the molecule is CSCC[C@H](N)C(=O)O.NC(=O)CC[C@H](N)C(=O)O.N[C@@H](CO)C(=O)O. The van der Waals surface area contributed by atoms with Crippen LogP contribution in [0.2, 0.25) is 0 Å². The van der Waals surface area contributed by atoms with Gasteiger partial charge in [-0.3, -0.25) is 19.2 Å². The first kappa shape index (κ1) is 28.9. The van der Waals surface area contributed by atoms with Crippen molar-refractivity contribution in [1.29, 1.82) is 0 Å². The Labute approximate surface area is 154 Å². The van der Waals surface area contributed by atoms with Gasteiger partial charge in [0.2, 0.25) is 5.91 Å².